The number of nitrogens with zero attached hydrogens (tertiary/aromatic N) is 2. The molecule has 0 saturated heterocycles. The van der Waals surface area contributed by atoms with Crippen LogP contribution in [0.25, 0.3) is 5.69 Å². The predicted molar refractivity (Wildman–Crippen MR) is 79.0 cm³/mol. The van der Waals surface area contributed by atoms with Gasteiger partial charge in [0.2, 0.25) is 0 Å². The van der Waals surface area contributed by atoms with Gasteiger partial charge in [-0.25, -0.2) is 4.98 Å². The van der Waals surface area contributed by atoms with Crippen molar-refractivity contribution in [3.05, 3.63) is 72.8 Å². The van der Waals surface area contributed by atoms with Gasteiger partial charge in [0.1, 0.15) is 5.75 Å². The van der Waals surface area contributed by atoms with E-state index in [1.165, 1.54) is 0 Å². The fourth-order valence-electron chi connectivity index (χ4n) is 2.06. The normalized spacial score (nSPS) is 10.4. The van der Waals surface area contributed by atoms with Gasteiger partial charge in [0, 0.05) is 30.3 Å². The fourth-order valence-corrected chi connectivity index (χ4v) is 2.06. The lowest BCUT2D eigenvalue weighted by molar-refractivity contribution is 0.474. The van der Waals surface area contributed by atoms with Crippen molar-refractivity contribution in [2.45, 2.75) is 6.54 Å². The summed E-state index contributed by atoms with van der Waals surface area (Å²) in [5.41, 5.74) is 3.13. The molecule has 1 heterocycles. The van der Waals surface area contributed by atoms with Crippen LogP contribution in [-0.4, -0.2) is 14.7 Å². The third-order valence-corrected chi connectivity index (χ3v) is 3.06. The molecule has 4 heteroatoms. The zero-order chi connectivity index (χ0) is 13.8. The summed E-state index contributed by atoms with van der Waals surface area (Å²) in [6.07, 6.45) is 5.44. The minimum absolute atomic E-state index is 0.288. The van der Waals surface area contributed by atoms with Gasteiger partial charge in [-0.05, 0) is 35.9 Å². The summed E-state index contributed by atoms with van der Waals surface area (Å²) < 4.78 is 1.96. The van der Waals surface area contributed by atoms with Gasteiger partial charge in [0.05, 0.1) is 6.33 Å². The van der Waals surface area contributed by atoms with Crippen molar-refractivity contribution in [3.63, 3.8) is 0 Å². The number of aromatic nitrogens is 2. The monoisotopic (exact) mass is 265 g/mol. The Morgan fingerprint density at radius 3 is 2.80 bits per heavy atom. The van der Waals surface area contributed by atoms with Crippen molar-refractivity contribution in [2.75, 3.05) is 5.32 Å². The summed E-state index contributed by atoms with van der Waals surface area (Å²) in [4.78, 5) is 4.05. The van der Waals surface area contributed by atoms with E-state index in [1.54, 1.807) is 24.7 Å². The molecule has 0 spiro atoms. The van der Waals surface area contributed by atoms with Crippen LogP contribution in [0.1, 0.15) is 5.56 Å². The summed E-state index contributed by atoms with van der Waals surface area (Å²) in [5, 5.41) is 12.8. The van der Waals surface area contributed by atoms with Crippen molar-refractivity contribution >= 4 is 5.69 Å². The van der Waals surface area contributed by atoms with Crippen LogP contribution in [0.2, 0.25) is 0 Å². The van der Waals surface area contributed by atoms with E-state index in [0.717, 1.165) is 16.9 Å². The molecule has 0 unspecified atom stereocenters. The molecule has 3 rings (SSSR count). The Bertz CT molecular complexity index is 692. The number of aromatic hydroxyl groups is 1. The number of nitrogens with one attached hydrogen (secondary N) is 1. The zero-order valence-electron chi connectivity index (χ0n) is 10.9. The molecule has 0 aliphatic carbocycles. The highest BCUT2D eigenvalue weighted by molar-refractivity contribution is 5.51. The smallest absolute Gasteiger partial charge is 0.115 e. The van der Waals surface area contributed by atoms with Gasteiger partial charge in [-0.15, -0.1) is 0 Å². The van der Waals surface area contributed by atoms with Crippen LogP contribution in [0.4, 0.5) is 5.69 Å². The van der Waals surface area contributed by atoms with Gasteiger partial charge in [-0.2, -0.15) is 0 Å². The average molecular weight is 265 g/mol. The lowest BCUT2D eigenvalue weighted by Crippen LogP contribution is -2.00. The molecule has 0 saturated carbocycles. The Labute approximate surface area is 117 Å². The maximum atomic E-state index is 9.44. The minimum Gasteiger partial charge on any atom is -0.508 e. The number of rotatable bonds is 4. The summed E-state index contributed by atoms with van der Waals surface area (Å²) in [6, 6.07) is 15.4. The van der Waals surface area contributed by atoms with Crippen molar-refractivity contribution in [2.24, 2.45) is 0 Å². The molecule has 0 fully saturated rings. The first-order valence-electron chi connectivity index (χ1n) is 6.41. The average Bonchev–Trinajstić information content (AvgIpc) is 3.00. The second-order valence-corrected chi connectivity index (χ2v) is 4.54. The SMILES string of the molecule is Oc1cccc(CNc2cccc(-n3ccnc3)c2)c1. The first kappa shape index (κ1) is 12.3. The lowest BCUT2D eigenvalue weighted by atomic mass is 10.2. The number of hydrogen-bond acceptors (Lipinski definition) is 3. The molecule has 0 bridgehead atoms. The van der Waals surface area contributed by atoms with Gasteiger partial charge >= 0.3 is 0 Å². The molecular formula is C16H15N3O. The maximum absolute atomic E-state index is 9.44. The summed E-state index contributed by atoms with van der Waals surface area (Å²) in [6.45, 7) is 0.668. The topological polar surface area (TPSA) is 50.1 Å². The number of imidazole rings is 1. The fraction of sp³-hybridized carbons (Fsp3) is 0.0625. The Morgan fingerprint density at radius 2 is 2.00 bits per heavy atom. The molecular weight excluding hydrogens is 250 g/mol. The van der Waals surface area contributed by atoms with Crippen molar-refractivity contribution in [3.8, 4) is 11.4 Å². The molecule has 100 valence electrons. The third-order valence-electron chi connectivity index (χ3n) is 3.06. The van der Waals surface area contributed by atoms with Gasteiger partial charge < -0.3 is 15.0 Å². The molecule has 0 amide bonds. The first-order valence-corrected chi connectivity index (χ1v) is 6.41. The van der Waals surface area contributed by atoms with E-state index in [4.69, 9.17) is 0 Å². The van der Waals surface area contributed by atoms with Crippen LogP contribution in [0.5, 0.6) is 5.75 Å². The van der Waals surface area contributed by atoms with Gasteiger partial charge in [0.15, 0.2) is 0 Å². The standard InChI is InChI=1S/C16H15N3O/c20-16-6-1-3-13(9-16)11-18-14-4-2-5-15(10-14)19-8-7-17-12-19/h1-10,12,18,20H,11H2. The lowest BCUT2D eigenvalue weighted by Gasteiger charge is -2.09. The Hall–Kier alpha value is -2.75. The zero-order valence-corrected chi connectivity index (χ0v) is 10.9. The molecule has 1 aromatic heterocycles. The van der Waals surface area contributed by atoms with Gasteiger partial charge in [-0.1, -0.05) is 18.2 Å². The van der Waals surface area contributed by atoms with E-state index >= 15 is 0 Å². The largest absolute Gasteiger partial charge is 0.508 e. The van der Waals surface area contributed by atoms with E-state index in [-0.39, 0.29) is 5.75 Å². The van der Waals surface area contributed by atoms with Crippen LogP contribution < -0.4 is 5.32 Å². The Balaban J connectivity index is 1.73. The quantitative estimate of drug-likeness (QED) is 0.761. The van der Waals surface area contributed by atoms with E-state index in [1.807, 2.05) is 41.1 Å². The molecule has 2 N–H and O–H groups in total. The van der Waals surface area contributed by atoms with E-state index in [2.05, 4.69) is 16.4 Å². The molecule has 2 aromatic carbocycles. The molecule has 0 aliphatic heterocycles. The molecule has 0 atom stereocenters. The number of phenols is 1. The highest BCUT2D eigenvalue weighted by Crippen LogP contribution is 2.16. The maximum Gasteiger partial charge on any atom is 0.115 e. The summed E-state index contributed by atoms with van der Waals surface area (Å²) in [5.74, 6) is 0.288. The van der Waals surface area contributed by atoms with Crippen LogP contribution in [0.3, 0.4) is 0 Å². The van der Waals surface area contributed by atoms with E-state index in [0.29, 0.717) is 6.54 Å². The van der Waals surface area contributed by atoms with E-state index < -0.39 is 0 Å². The number of anilines is 1. The minimum atomic E-state index is 0.288. The molecule has 0 radical (unpaired) electrons. The van der Waals surface area contributed by atoms with E-state index in [9.17, 15) is 5.11 Å². The first-order chi connectivity index (χ1) is 9.81. The van der Waals surface area contributed by atoms with Gasteiger partial charge in [0.25, 0.3) is 0 Å². The highest BCUT2D eigenvalue weighted by Gasteiger charge is 1.99. The Morgan fingerprint density at radius 1 is 1.10 bits per heavy atom. The third kappa shape index (κ3) is 2.80. The highest BCUT2D eigenvalue weighted by atomic mass is 16.3. The molecule has 0 aliphatic rings. The van der Waals surface area contributed by atoms with Crippen LogP contribution >= 0.6 is 0 Å². The Kier molecular flexibility index (Phi) is 3.37. The van der Waals surface area contributed by atoms with Crippen molar-refractivity contribution in [1.29, 1.82) is 0 Å². The van der Waals surface area contributed by atoms with Gasteiger partial charge in [-0.3, -0.25) is 0 Å². The second kappa shape index (κ2) is 5.48. The summed E-state index contributed by atoms with van der Waals surface area (Å²) in [7, 11) is 0. The van der Waals surface area contributed by atoms with Crippen molar-refractivity contribution in [1.82, 2.24) is 9.55 Å². The summed E-state index contributed by atoms with van der Waals surface area (Å²) >= 11 is 0. The predicted octanol–water partition coefficient (Wildman–Crippen LogP) is 3.19. The second-order valence-electron chi connectivity index (χ2n) is 4.54. The number of hydrogen-bond donors (Lipinski definition) is 2. The van der Waals surface area contributed by atoms with Crippen LogP contribution in [0.15, 0.2) is 67.3 Å². The van der Waals surface area contributed by atoms with Crippen LogP contribution in [-0.2, 0) is 6.54 Å². The molecule has 3 aromatic rings. The van der Waals surface area contributed by atoms with Crippen LogP contribution in [0, 0.1) is 0 Å². The van der Waals surface area contributed by atoms with Crippen molar-refractivity contribution < 1.29 is 5.11 Å². The number of benzene rings is 2. The number of phenolic OH excluding ortho intramolecular Hbond substituents is 1. The molecule has 20 heavy (non-hydrogen) atoms. The molecule has 4 nitrogen and oxygen atoms in total.